The van der Waals surface area contributed by atoms with Gasteiger partial charge in [-0.25, -0.2) is 0 Å². The number of nitrogens with two attached hydrogens (primary N) is 1. The fourth-order valence-electron chi connectivity index (χ4n) is 1.61. The first-order valence-corrected chi connectivity index (χ1v) is 4.26. The van der Waals surface area contributed by atoms with Gasteiger partial charge in [-0.05, 0) is 19.3 Å². The quantitative estimate of drug-likeness (QED) is 0.599. The van der Waals surface area contributed by atoms with Crippen molar-refractivity contribution in [2.75, 3.05) is 6.54 Å². The lowest BCUT2D eigenvalue weighted by Crippen LogP contribution is -2.44. The van der Waals surface area contributed by atoms with E-state index in [0.29, 0.717) is 0 Å². The summed E-state index contributed by atoms with van der Waals surface area (Å²) < 4.78 is 0. The molecule has 0 bridgehead atoms. The topological polar surface area (TPSA) is 46.3 Å². The zero-order valence-corrected chi connectivity index (χ0v) is 6.99. The Kier molecular flexibility index (Phi) is 3.02. The summed E-state index contributed by atoms with van der Waals surface area (Å²) in [6.07, 6.45) is 4.11. The summed E-state index contributed by atoms with van der Waals surface area (Å²) >= 11 is 0. The summed E-state index contributed by atoms with van der Waals surface area (Å²) in [6.45, 7) is 3.03. The van der Waals surface area contributed by atoms with Gasteiger partial charge >= 0.3 is 0 Å². The van der Waals surface area contributed by atoms with Crippen LogP contribution in [0.2, 0.25) is 0 Å². The van der Waals surface area contributed by atoms with Gasteiger partial charge in [-0.2, -0.15) is 0 Å². The van der Waals surface area contributed by atoms with E-state index in [0.717, 1.165) is 32.1 Å². The molecule has 1 heterocycles. The molecule has 0 aromatic rings. The molecule has 1 aliphatic rings. The maximum absolute atomic E-state index is 10.5. The van der Waals surface area contributed by atoms with Crippen molar-refractivity contribution in [1.82, 2.24) is 4.90 Å². The molecule has 11 heavy (non-hydrogen) atoms. The van der Waals surface area contributed by atoms with Crippen LogP contribution in [0, 0.1) is 0 Å². The van der Waals surface area contributed by atoms with E-state index < -0.39 is 0 Å². The minimum Gasteiger partial charge on any atom is -0.316 e. The highest BCUT2D eigenvalue weighted by Crippen LogP contribution is 2.17. The Labute approximate surface area is 67.5 Å². The van der Waals surface area contributed by atoms with Crippen LogP contribution in [-0.4, -0.2) is 29.9 Å². The lowest BCUT2D eigenvalue weighted by molar-refractivity contribution is -0.112. The average Bonchev–Trinajstić information content (AvgIpc) is 2.50. The molecular formula is C8H16N2O. The number of rotatable bonds is 3. The van der Waals surface area contributed by atoms with Gasteiger partial charge in [-0.15, -0.1) is 0 Å². The van der Waals surface area contributed by atoms with Crippen molar-refractivity contribution in [1.29, 1.82) is 0 Å². The molecule has 0 radical (unpaired) electrons. The zero-order chi connectivity index (χ0) is 8.27. The lowest BCUT2D eigenvalue weighted by atomic mass is 10.2. The molecule has 0 aromatic heterocycles. The largest absolute Gasteiger partial charge is 0.316 e. The Morgan fingerprint density at radius 2 is 2.55 bits per heavy atom. The van der Waals surface area contributed by atoms with Gasteiger partial charge in [0.05, 0.1) is 12.2 Å². The van der Waals surface area contributed by atoms with Crippen LogP contribution in [0.15, 0.2) is 0 Å². The maximum Gasteiger partial charge on any atom is 0.137 e. The van der Waals surface area contributed by atoms with Gasteiger partial charge in [0.1, 0.15) is 6.29 Å². The molecule has 0 saturated carbocycles. The SMILES string of the molecule is CCC(N)N1CCC[C@H]1C=O. The molecule has 1 unspecified atom stereocenters. The third-order valence-corrected chi connectivity index (χ3v) is 2.34. The van der Waals surface area contributed by atoms with Gasteiger partial charge in [-0.3, -0.25) is 4.90 Å². The Bertz CT molecular complexity index is 138. The van der Waals surface area contributed by atoms with E-state index in [4.69, 9.17) is 5.73 Å². The second-order valence-electron chi connectivity index (χ2n) is 3.06. The summed E-state index contributed by atoms with van der Waals surface area (Å²) in [6, 6.07) is 0.0879. The monoisotopic (exact) mass is 156 g/mol. The van der Waals surface area contributed by atoms with Gasteiger partial charge in [0.2, 0.25) is 0 Å². The number of carbonyl (C=O) groups excluding carboxylic acids is 1. The molecule has 3 heteroatoms. The van der Waals surface area contributed by atoms with E-state index in [2.05, 4.69) is 4.90 Å². The number of hydrogen-bond acceptors (Lipinski definition) is 3. The first-order chi connectivity index (χ1) is 5.29. The van der Waals surface area contributed by atoms with Crippen LogP contribution in [-0.2, 0) is 4.79 Å². The van der Waals surface area contributed by atoms with Crippen molar-refractivity contribution in [3.63, 3.8) is 0 Å². The van der Waals surface area contributed by atoms with E-state index >= 15 is 0 Å². The fraction of sp³-hybridized carbons (Fsp3) is 0.875. The normalized spacial score (nSPS) is 28.7. The van der Waals surface area contributed by atoms with Crippen LogP contribution in [0.1, 0.15) is 26.2 Å². The second kappa shape index (κ2) is 3.83. The molecular weight excluding hydrogens is 140 g/mol. The minimum absolute atomic E-state index is 0.0766. The first kappa shape index (κ1) is 8.68. The molecule has 0 amide bonds. The molecule has 0 spiro atoms. The standard InChI is InChI=1S/C8H16N2O/c1-2-8(9)10-5-3-4-7(10)6-11/h6-8H,2-5,9H2,1H3/t7-,8?/m0/s1. The molecule has 1 rings (SSSR count). The third kappa shape index (κ3) is 1.79. The predicted molar refractivity (Wildman–Crippen MR) is 44.1 cm³/mol. The average molecular weight is 156 g/mol. The smallest absolute Gasteiger partial charge is 0.137 e. The van der Waals surface area contributed by atoms with Crippen molar-refractivity contribution in [3.05, 3.63) is 0 Å². The van der Waals surface area contributed by atoms with Crippen LogP contribution >= 0.6 is 0 Å². The van der Waals surface area contributed by atoms with Gasteiger partial charge < -0.3 is 10.5 Å². The first-order valence-electron chi connectivity index (χ1n) is 4.26. The van der Waals surface area contributed by atoms with E-state index in [1.54, 1.807) is 0 Å². The Balaban J connectivity index is 2.48. The maximum atomic E-state index is 10.5. The van der Waals surface area contributed by atoms with E-state index in [9.17, 15) is 4.79 Å². The predicted octanol–water partition coefficient (Wildman–Crippen LogP) is 0.344. The molecule has 64 valence electrons. The van der Waals surface area contributed by atoms with Crippen molar-refractivity contribution in [2.24, 2.45) is 5.73 Å². The third-order valence-electron chi connectivity index (χ3n) is 2.34. The van der Waals surface area contributed by atoms with Crippen LogP contribution < -0.4 is 5.73 Å². The summed E-state index contributed by atoms with van der Waals surface area (Å²) in [4.78, 5) is 12.6. The highest BCUT2D eigenvalue weighted by Gasteiger charge is 2.26. The molecule has 0 aromatic carbocycles. The van der Waals surface area contributed by atoms with Crippen molar-refractivity contribution in [2.45, 2.75) is 38.4 Å². The van der Waals surface area contributed by atoms with Gasteiger partial charge in [0, 0.05) is 6.54 Å². The molecule has 1 aliphatic heterocycles. The number of hydrogen-bond donors (Lipinski definition) is 1. The van der Waals surface area contributed by atoms with Crippen molar-refractivity contribution >= 4 is 6.29 Å². The Morgan fingerprint density at radius 3 is 3.09 bits per heavy atom. The Hall–Kier alpha value is -0.410. The number of aldehydes is 1. The minimum atomic E-state index is 0.0766. The Morgan fingerprint density at radius 1 is 1.82 bits per heavy atom. The van der Waals surface area contributed by atoms with Crippen molar-refractivity contribution in [3.8, 4) is 0 Å². The highest BCUT2D eigenvalue weighted by molar-refractivity contribution is 5.58. The number of likely N-dealkylation sites (tertiary alicyclic amines) is 1. The lowest BCUT2D eigenvalue weighted by Gasteiger charge is -2.25. The van der Waals surface area contributed by atoms with Crippen LogP contribution in [0.25, 0.3) is 0 Å². The zero-order valence-electron chi connectivity index (χ0n) is 6.99. The van der Waals surface area contributed by atoms with E-state index in [1.807, 2.05) is 6.92 Å². The van der Waals surface area contributed by atoms with Crippen molar-refractivity contribution < 1.29 is 4.79 Å². The van der Waals surface area contributed by atoms with E-state index in [1.165, 1.54) is 0 Å². The van der Waals surface area contributed by atoms with Gasteiger partial charge in [0.15, 0.2) is 0 Å². The summed E-state index contributed by atoms with van der Waals surface area (Å²) in [5, 5.41) is 0. The molecule has 0 aliphatic carbocycles. The summed E-state index contributed by atoms with van der Waals surface area (Å²) in [5.41, 5.74) is 5.81. The van der Waals surface area contributed by atoms with Gasteiger partial charge in [0.25, 0.3) is 0 Å². The fourth-order valence-corrected chi connectivity index (χ4v) is 1.61. The summed E-state index contributed by atoms with van der Waals surface area (Å²) in [7, 11) is 0. The van der Waals surface area contributed by atoms with Crippen LogP contribution in [0.4, 0.5) is 0 Å². The highest BCUT2D eigenvalue weighted by atomic mass is 16.1. The molecule has 1 fully saturated rings. The number of carbonyl (C=O) groups is 1. The molecule has 2 N–H and O–H groups in total. The molecule has 1 saturated heterocycles. The number of nitrogens with zero attached hydrogens (tertiary/aromatic N) is 1. The summed E-state index contributed by atoms with van der Waals surface area (Å²) in [5.74, 6) is 0. The van der Waals surface area contributed by atoms with E-state index in [-0.39, 0.29) is 12.2 Å². The molecule has 3 nitrogen and oxygen atoms in total. The second-order valence-corrected chi connectivity index (χ2v) is 3.06. The van der Waals surface area contributed by atoms with Gasteiger partial charge in [-0.1, -0.05) is 6.92 Å². The molecule has 2 atom stereocenters. The van der Waals surface area contributed by atoms with Crippen LogP contribution in [0.3, 0.4) is 0 Å². The van der Waals surface area contributed by atoms with Crippen LogP contribution in [0.5, 0.6) is 0 Å².